The second-order valence-electron chi connectivity index (χ2n) is 6.52. The van der Waals surface area contributed by atoms with E-state index in [0.29, 0.717) is 5.69 Å². The zero-order valence-corrected chi connectivity index (χ0v) is 14.6. The number of aromatic nitrogens is 2. The molecule has 26 heavy (non-hydrogen) atoms. The monoisotopic (exact) mass is 348 g/mol. The molecule has 6 nitrogen and oxygen atoms in total. The normalized spacial score (nSPS) is 11.7. The minimum absolute atomic E-state index is 0.155. The largest absolute Gasteiger partial charge is 0.277 e. The summed E-state index contributed by atoms with van der Waals surface area (Å²) in [4.78, 5) is 50.0. The van der Waals surface area contributed by atoms with E-state index in [9.17, 15) is 19.2 Å². The average molecular weight is 348 g/mol. The number of nitrogens with zero attached hydrogens (tertiary/aromatic N) is 2. The third-order valence-corrected chi connectivity index (χ3v) is 5.06. The highest BCUT2D eigenvalue weighted by Crippen LogP contribution is 2.17. The molecule has 2 heterocycles. The Morgan fingerprint density at radius 1 is 0.769 bits per heavy atom. The second kappa shape index (κ2) is 5.36. The molecule has 2 aromatic carbocycles. The van der Waals surface area contributed by atoms with Gasteiger partial charge in [0.25, 0.3) is 22.2 Å². The van der Waals surface area contributed by atoms with Crippen molar-refractivity contribution in [3.05, 3.63) is 82.9 Å². The number of aryl methyl sites for hydroxylation is 2. The van der Waals surface area contributed by atoms with Gasteiger partial charge < -0.3 is 0 Å². The Morgan fingerprint density at radius 3 is 1.73 bits per heavy atom. The number of fused-ring (bicyclic) bond motifs is 2. The van der Waals surface area contributed by atoms with Crippen molar-refractivity contribution in [2.75, 3.05) is 0 Å². The van der Waals surface area contributed by atoms with Gasteiger partial charge in [-0.25, -0.2) is 4.57 Å². The molecular formula is C20H16N2O4. The summed E-state index contributed by atoms with van der Waals surface area (Å²) in [7, 11) is 1.38. The number of hydrogen-bond acceptors (Lipinski definition) is 4. The third-order valence-electron chi connectivity index (χ3n) is 5.06. The Kier molecular flexibility index (Phi) is 3.34. The summed E-state index contributed by atoms with van der Waals surface area (Å²) in [5, 5.41) is 0.637. The van der Waals surface area contributed by atoms with Crippen molar-refractivity contribution in [1.82, 2.24) is 9.13 Å². The van der Waals surface area contributed by atoms with Gasteiger partial charge in [0.2, 0.25) is 0 Å². The first-order valence-electron chi connectivity index (χ1n) is 8.34. The second-order valence-corrected chi connectivity index (χ2v) is 6.52. The van der Waals surface area contributed by atoms with Gasteiger partial charge in [-0.15, -0.1) is 0 Å². The molecule has 0 fully saturated rings. The lowest BCUT2D eigenvalue weighted by Crippen LogP contribution is -2.23. The van der Waals surface area contributed by atoms with E-state index in [2.05, 4.69) is 0 Å². The van der Waals surface area contributed by atoms with Crippen LogP contribution < -0.4 is 22.2 Å². The Labute approximate surface area is 147 Å². The smallest absolute Gasteiger partial charge is 0.266 e. The van der Waals surface area contributed by atoms with Gasteiger partial charge in [0, 0.05) is 7.05 Å². The van der Waals surface area contributed by atoms with Crippen LogP contribution >= 0.6 is 0 Å². The van der Waals surface area contributed by atoms with Crippen LogP contribution in [-0.4, -0.2) is 9.13 Å². The highest BCUT2D eigenvalue weighted by atomic mass is 16.2. The molecule has 0 amide bonds. The van der Waals surface area contributed by atoms with Crippen molar-refractivity contribution in [2.24, 2.45) is 7.05 Å². The van der Waals surface area contributed by atoms with Crippen molar-refractivity contribution >= 4 is 21.5 Å². The van der Waals surface area contributed by atoms with Gasteiger partial charge in [0.1, 0.15) is 0 Å². The Morgan fingerprint density at radius 2 is 1.27 bits per heavy atom. The van der Waals surface area contributed by atoms with E-state index >= 15 is 0 Å². The van der Waals surface area contributed by atoms with E-state index < -0.39 is 22.2 Å². The zero-order chi connectivity index (χ0) is 18.7. The average Bonchev–Trinajstić information content (AvgIpc) is 3.00. The molecule has 0 aliphatic carbocycles. The molecule has 0 N–H and O–H groups in total. The van der Waals surface area contributed by atoms with E-state index in [0.717, 1.165) is 26.7 Å². The standard InChI is InChI=1S/C20H16N2O4/c1-4-11-5-6-12(7-10(11)2)22-19(25)15-8-13-14(9-16(15)20(22)26)18(24)21(3)17(13)23/h5-9H,4H2,1-3H3. The first-order chi connectivity index (χ1) is 12.3. The van der Waals surface area contributed by atoms with Gasteiger partial charge in [-0.1, -0.05) is 13.0 Å². The molecule has 0 aliphatic heterocycles. The van der Waals surface area contributed by atoms with Crippen molar-refractivity contribution in [3.8, 4) is 5.69 Å². The van der Waals surface area contributed by atoms with Crippen LogP contribution in [0.2, 0.25) is 0 Å². The molecule has 0 bridgehead atoms. The maximum Gasteiger partial charge on any atom is 0.266 e. The minimum atomic E-state index is -0.480. The van der Waals surface area contributed by atoms with Gasteiger partial charge in [0.05, 0.1) is 27.2 Å². The molecule has 4 aromatic rings. The Balaban J connectivity index is 2.11. The van der Waals surface area contributed by atoms with E-state index in [1.54, 1.807) is 12.1 Å². The summed E-state index contributed by atoms with van der Waals surface area (Å²) in [5.74, 6) is 0. The van der Waals surface area contributed by atoms with Gasteiger partial charge in [0.15, 0.2) is 0 Å². The first kappa shape index (κ1) is 16.2. The van der Waals surface area contributed by atoms with Gasteiger partial charge >= 0.3 is 0 Å². The van der Waals surface area contributed by atoms with Gasteiger partial charge in [-0.2, -0.15) is 0 Å². The maximum atomic E-state index is 12.8. The topological polar surface area (TPSA) is 78.1 Å². The summed E-state index contributed by atoms with van der Waals surface area (Å²) in [5.41, 5.74) is 0.738. The van der Waals surface area contributed by atoms with Gasteiger partial charge in [-0.05, 0) is 48.7 Å². The highest BCUT2D eigenvalue weighted by molar-refractivity contribution is 5.98. The predicted octanol–water partition coefficient (Wildman–Crippen LogP) is 1.31. The molecule has 0 saturated heterocycles. The fraction of sp³-hybridized carbons (Fsp3) is 0.200. The van der Waals surface area contributed by atoms with Crippen molar-refractivity contribution in [1.29, 1.82) is 0 Å². The van der Waals surface area contributed by atoms with Crippen LogP contribution in [0.1, 0.15) is 18.1 Å². The first-order valence-corrected chi connectivity index (χ1v) is 8.34. The Hall–Kier alpha value is -3.28. The molecule has 6 heteroatoms. The fourth-order valence-corrected chi connectivity index (χ4v) is 3.54. The van der Waals surface area contributed by atoms with Crippen LogP contribution in [0.5, 0.6) is 0 Å². The molecular weight excluding hydrogens is 332 g/mol. The molecule has 0 atom stereocenters. The van der Waals surface area contributed by atoms with Gasteiger partial charge in [-0.3, -0.25) is 23.7 Å². The number of benzene rings is 2. The number of rotatable bonds is 2. The van der Waals surface area contributed by atoms with Crippen LogP contribution in [0.15, 0.2) is 49.5 Å². The molecule has 130 valence electrons. The molecule has 0 aliphatic rings. The van der Waals surface area contributed by atoms with Crippen LogP contribution in [0.25, 0.3) is 27.2 Å². The summed E-state index contributed by atoms with van der Waals surface area (Å²) in [6.07, 6.45) is 0.860. The SMILES string of the molecule is CCc1ccc(-n2c(=O)c3cc4c(=O)n(C)c(=O)c4cc3c2=O)cc1C. The maximum absolute atomic E-state index is 12.8. The predicted molar refractivity (Wildman–Crippen MR) is 101 cm³/mol. The summed E-state index contributed by atoms with van der Waals surface area (Å²) in [6, 6.07) is 8.17. The molecule has 4 rings (SSSR count). The molecule has 0 spiro atoms. The lowest BCUT2D eigenvalue weighted by molar-refractivity contribution is 0.856. The quantitative estimate of drug-likeness (QED) is 0.547. The van der Waals surface area contributed by atoms with E-state index in [-0.39, 0.29) is 21.5 Å². The summed E-state index contributed by atoms with van der Waals surface area (Å²) < 4.78 is 2.09. The lowest BCUT2D eigenvalue weighted by Gasteiger charge is -2.06. The van der Waals surface area contributed by atoms with Crippen LogP contribution in [-0.2, 0) is 13.5 Å². The van der Waals surface area contributed by atoms with Crippen LogP contribution in [0.3, 0.4) is 0 Å². The third kappa shape index (κ3) is 1.98. The van der Waals surface area contributed by atoms with Crippen LogP contribution in [0, 0.1) is 6.92 Å². The minimum Gasteiger partial charge on any atom is -0.277 e. The summed E-state index contributed by atoms with van der Waals surface area (Å²) in [6.45, 7) is 3.97. The van der Waals surface area contributed by atoms with E-state index in [1.807, 2.05) is 19.9 Å². The lowest BCUT2D eigenvalue weighted by atomic mass is 10.1. The molecule has 2 aromatic heterocycles. The van der Waals surface area contributed by atoms with Crippen molar-refractivity contribution in [2.45, 2.75) is 20.3 Å². The van der Waals surface area contributed by atoms with Crippen molar-refractivity contribution < 1.29 is 0 Å². The van der Waals surface area contributed by atoms with Crippen molar-refractivity contribution in [3.63, 3.8) is 0 Å². The molecule has 0 saturated carbocycles. The van der Waals surface area contributed by atoms with E-state index in [4.69, 9.17) is 0 Å². The van der Waals surface area contributed by atoms with E-state index in [1.165, 1.54) is 19.2 Å². The molecule has 0 radical (unpaired) electrons. The number of hydrogen-bond donors (Lipinski definition) is 0. The highest BCUT2D eigenvalue weighted by Gasteiger charge is 2.19. The summed E-state index contributed by atoms with van der Waals surface area (Å²) >= 11 is 0. The zero-order valence-electron chi connectivity index (χ0n) is 14.6. The van der Waals surface area contributed by atoms with Crippen LogP contribution in [0.4, 0.5) is 0 Å². The Bertz CT molecular complexity index is 1330. The fourth-order valence-electron chi connectivity index (χ4n) is 3.54. The molecule has 0 unspecified atom stereocenters.